The summed E-state index contributed by atoms with van der Waals surface area (Å²) in [4.78, 5) is 12.6. The molecule has 11 heteroatoms. The molecule has 0 unspecified atom stereocenters. The molecule has 0 saturated heterocycles. The van der Waals surface area contributed by atoms with Gasteiger partial charge in [-0.05, 0) is 60.5 Å². The molecule has 0 amide bonds. The van der Waals surface area contributed by atoms with Gasteiger partial charge in [0.2, 0.25) is 5.75 Å². The van der Waals surface area contributed by atoms with Crippen LogP contribution in [0.15, 0.2) is 77.7 Å². The van der Waals surface area contributed by atoms with Crippen molar-refractivity contribution in [2.75, 3.05) is 48.7 Å². The molecular formula is C30H34F3NO7. The standard InChI is InChI=1S/C30H34F3NO7/c1-20(15-26(35)23-10-13-24(14-11-23)41-30(31,32)33)34-18-21(9-12-25(37-3)19-36-2)7-8-22-16-27(38-4)29(40-6)28(17-22)39-5/h7-17,34H,18-19H2,1-6H3/b8-7-,20-15+,21-9-,25-12+. The van der Waals surface area contributed by atoms with Crippen LogP contribution in [0.25, 0.3) is 6.08 Å². The lowest BCUT2D eigenvalue weighted by Gasteiger charge is -2.13. The molecule has 0 radical (unpaired) electrons. The highest BCUT2D eigenvalue weighted by molar-refractivity contribution is 6.04. The lowest BCUT2D eigenvalue weighted by Crippen LogP contribution is -2.17. The molecule has 0 spiro atoms. The molecule has 0 bridgehead atoms. The van der Waals surface area contributed by atoms with Gasteiger partial charge in [0.25, 0.3) is 0 Å². The van der Waals surface area contributed by atoms with E-state index in [1.807, 2.05) is 18.2 Å². The summed E-state index contributed by atoms with van der Waals surface area (Å²) in [6.07, 6.45) is 3.91. The van der Waals surface area contributed by atoms with Crippen LogP contribution in [0.3, 0.4) is 0 Å². The first-order chi connectivity index (χ1) is 19.5. The Kier molecular flexibility index (Phi) is 12.8. The summed E-state index contributed by atoms with van der Waals surface area (Å²) < 4.78 is 67.7. The topological polar surface area (TPSA) is 84.5 Å². The number of alkyl halides is 3. The third-order valence-corrected chi connectivity index (χ3v) is 5.50. The zero-order valence-corrected chi connectivity index (χ0v) is 23.8. The number of ketones is 1. The summed E-state index contributed by atoms with van der Waals surface area (Å²) in [6, 6.07) is 8.33. The van der Waals surface area contributed by atoms with Crippen molar-refractivity contribution in [1.29, 1.82) is 0 Å². The number of rotatable bonds is 15. The van der Waals surface area contributed by atoms with E-state index in [0.717, 1.165) is 23.3 Å². The number of ether oxygens (including phenoxy) is 6. The second kappa shape index (κ2) is 16.0. The van der Waals surface area contributed by atoms with Crippen LogP contribution in [-0.2, 0) is 9.47 Å². The van der Waals surface area contributed by atoms with Crippen LogP contribution in [0, 0.1) is 0 Å². The minimum absolute atomic E-state index is 0.214. The molecule has 2 rings (SSSR count). The largest absolute Gasteiger partial charge is 0.573 e. The summed E-state index contributed by atoms with van der Waals surface area (Å²) in [5, 5.41) is 3.18. The fourth-order valence-corrected chi connectivity index (χ4v) is 3.48. The number of hydrogen-bond acceptors (Lipinski definition) is 8. The van der Waals surface area contributed by atoms with Crippen LogP contribution in [0.1, 0.15) is 22.8 Å². The number of nitrogens with one attached hydrogen (secondary N) is 1. The van der Waals surface area contributed by atoms with E-state index < -0.39 is 12.1 Å². The molecule has 2 aromatic carbocycles. The molecule has 2 aromatic rings. The number of benzene rings is 2. The highest BCUT2D eigenvalue weighted by Crippen LogP contribution is 2.38. The van der Waals surface area contributed by atoms with E-state index >= 15 is 0 Å². The fourth-order valence-electron chi connectivity index (χ4n) is 3.48. The molecule has 222 valence electrons. The monoisotopic (exact) mass is 577 g/mol. The number of methoxy groups -OCH3 is 5. The van der Waals surface area contributed by atoms with Crippen LogP contribution < -0.4 is 24.3 Å². The van der Waals surface area contributed by atoms with Crippen molar-refractivity contribution in [3.63, 3.8) is 0 Å². The zero-order chi connectivity index (χ0) is 30.4. The van der Waals surface area contributed by atoms with E-state index in [1.165, 1.54) is 39.5 Å². The average molecular weight is 578 g/mol. The van der Waals surface area contributed by atoms with Crippen LogP contribution in [0.4, 0.5) is 13.2 Å². The Morgan fingerprint density at radius 3 is 2.07 bits per heavy atom. The van der Waals surface area contributed by atoms with Crippen LogP contribution >= 0.6 is 0 Å². The van der Waals surface area contributed by atoms with Gasteiger partial charge in [0.1, 0.15) is 18.1 Å². The van der Waals surface area contributed by atoms with Crippen molar-refractivity contribution < 1.29 is 46.4 Å². The lowest BCUT2D eigenvalue weighted by molar-refractivity contribution is -0.274. The van der Waals surface area contributed by atoms with Gasteiger partial charge in [0, 0.05) is 31.0 Å². The molecule has 41 heavy (non-hydrogen) atoms. The highest BCUT2D eigenvalue weighted by atomic mass is 19.4. The summed E-state index contributed by atoms with van der Waals surface area (Å²) in [7, 11) is 7.70. The highest BCUT2D eigenvalue weighted by Gasteiger charge is 2.31. The van der Waals surface area contributed by atoms with Gasteiger partial charge in [-0.2, -0.15) is 0 Å². The molecule has 0 heterocycles. The second-order valence-corrected chi connectivity index (χ2v) is 8.42. The minimum Gasteiger partial charge on any atom is -0.499 e. The first-order valence-corrected chi connectivity index (χ1v) is 12.3. The molecule has 0 saturated carbocycles. The average Bonchev–Trinajstić information content (AvgIpc) is 2.94. The summed E-state index contributed by atoms with van der Waals surface area (Å²) >= 11 is 0. The van der Waals surface area contributed by atoms with Crippen molar-refractivity contribution in [2.45, 2.75) is 13.3 Å². The van der Waals surface area contributed by atoms with E-state index in [2.05, 4.69) is 10.1 Å². The molecule has 0 aliphatic rings. The van der Waals surface area contributed by atoms with Crippen molar-refractivity contribution in [3.05, 3.63) is 88.9 Å². The Balaban J connectivity index is 2.25. The van der Waals surface area contributed by atoms with Gasteiger partial charge in [0.15, 0.2) is 17.3 Å². The quantitative estimate of drug-likeness (QED) is 0.118. The maximum absolute atomic E-state index is 12.6. The summed E-state index contributed by atoms with van der Waals surface area (Å²) in [5.41, 5.74) is 2.37. The predicted octanol–water partition coefficient (Wildman–Crippen LogP) is 6.10. The maximum Gasteiger partial charge on any atom is 0.573 e. The third kappa shape index (κ3) is 11.0. The van der Waals surface area contributed by atoms with Gasteiger partial charge in [-0.25, -0.2) is 0 Å². The Hall–Kier alpha value is -4.38. The number of carbonyl (C=O) groups is 1. The normalized spacial score (nSPS) is 12.8. The van der Waals surface area contributed by atoms with Gasteiger partial charge < -0.3 is 33.7 Å². The van der Waals surface area contributed by atoms with Gasteiger partial charge in [-0.3, -0.25) is 4.79 Å². The molecule has 0 aliphatic heterocycles. The van der Waals surface area contributed by atoms with Crippen LogP contribution in [-0.4, -0.2) is 60.8 Å². The van der Waals surface area contributed by atoms with Gasteiger partial charge in [-0.1, -0.05) is 18.2 Å². The molecule has 0 aromatic heterocycles. The van der Waals surface area contributed by atoms with E-state index in [0.29, 0.717) is 35.2 Å². The molecule has 8 nitrogen and oxygen atoms in total. The number of carbonyl (C=O) groups excluding carboxylic acids is 1. The van der Waals surface area contributed by atoms with E-state index in [9.17, 15) is 18.0 Å². The van der Waals surface area contributed by atoms with Crippen LogP contribution in [0.2, 0.25) is 0 Å². The molecule has 0 atom stereocenters. The fraction of sp³-hybridized carbons (Fsp3) is 0.300. The first-order valence-electron chi connectivity index (χ1n) is 12.3. The van der Waals surface area contributed by atoms with Crippen molar-refractivity contribution in [3.8, 4) is 23.0 Å². The molecule has 0 aliphatic carbocycles. The Morgan fingerprint density at radius 2 is 1.56 bits per heavy atom. The van der Waals surface area contributed by atoms with Gasteiger partial charge in [0.05, 0.1) is 28.4 Å². The maximum atomic E-state index is 12.6. The smallest absolute Gasteiger partial charge is 0.499 e. The second-order valence-electron chi connectivity index (χ2n) is 8.42. The van der Waals surface area contributed by atoms with Crippen molar-refractivity contribution in [1.82, 2.24) is 5.32 Å². The Labute approximate surface area is 237 Å². The van der Waals surface area contributed by atoms with Crippen LogP contribution in [0.5, 0.6) is 23.0 Å². The SMILES string of the molecule is COC\C(=C/C=C(/C=C\c1cc(OC)c(OC)c(OC)c1)CN/C(C)=C/C(=O)c1ccc(OC(F)(F)F)cc1)OC. The lowest BCUT2D eigenvalue weighted by atomic mass is 10.1. The van der Waals surface area contributed by atoms with Gasteiger partial charge >= 0.3 is 6.36 Å². The Morgan fingerprint density at radius 1 is 0.927 bits per heavy atom. The number of halogens is 3. The van der Waals surface area contributed by atoms with E-state index in [4.69, 9.17) is 23.7 Å². The Bertz CT molecular complexity index is 1250. The predicted molar refractivity (Wildman–Crippen MR) is 149 cm³/mol. The van der Waals surface area contributed by atoms with Crippen molar-refractivity contribution in [2.24, 2.45) is 0 Å². The van der Waals surface area contributed by atoms with E-state index in [1.54, 1.807) is 39.4 Å². The van der Waals surface area contributed by atoms with Gasteiger partial charge in [-0.15, -0.1) is 13.2 Å². The third-order valence-electron chi connectivity index (χ3n) is 5.50. The number of allylic oxidation sites excluding steroid dienone is 4. The molecular weight excluding hydrogens is 543 g/mol. The summed E-state index contributed by atoms with van der Waals surface area (Å²) in [6.45, 7) is 2.32. The minimum atomic E-state index is -4.81. The zero-order valence-electron chi connectivity index (χ0n) is 23.8. The first kappa shape index (κ1) is 32.8. The van der Waals surface area contributed by atoms with E-state index in [-0.39, 0.29) is 18.0 Å². The summed E-state index contributed by atoms with van der Waals surface area (Å²) in [5.74, 6) is 1.31. The molecule has 1 N–H and O–H groups in total. The molecule has 0 fully saturated rings. The van der Waals surface area contributed by atoms with Crippen molar-refractivity contribution >= 4 is 11.9 Å². The number of hydrogen-bond donors (Lipinski definition) is 1.